The SMILES string of the molecule is CC(=O)OC1O[C@H](COCc2ccccc2)S[C@H]1C. The van der Waals surface area contributed by atoms with E-state index in [0.717, 1.165) is 5.56 Å². The highest BCUT2D eigenvalue weighted by Crippen LogP contribution is 2.33. The maximum absolute atomic E-state index is 10.9. The van der Waals surface area contributed by atoms with Crippen LogP contribution in [0.15, 0.2) is 30.3 Å². The van der Waals surface area contributed by atoms with Crippen molar-refractivity contribution < 1.29 is 19.0 Å². The van der Waals surface area contributed by atoms with E-state index in [1.807, 2.05) is 37.3 Å². The molecule has 0 aliphatic carbocycles. The molecule has 1 fully saturated rings. The standard InChI is InChI=1S/C14H18O4S/c1-10-14(17-11(2)15)18-13(19-10)9-16-8-12-6-4-3-5-7-12/h3-7,10,13-14H,8-9H2,1-2H3/t10-,13-,14?/m0/s1. The molecule has 1 saturated heterocycles. The Morgan fingerprint density at radius 1 is 1.37 bits per heavy atom. The molecular weight excluding hydrogens is 264 g/mol. The second kappa shape index (κ2) is 6.93. The molecule has 0 bridgehead atoms. The molecule has 0 saturated carbocycles. The minimum Gasteiger partial charge on any atom is -0.435 e. The summed E-state index contributed by atoms with van der Waals surface area (Å²) in [6.45, 7) is 4.42. The Morgan fingerprint density at radius 2 is 2.11 bits per heavy atom. The third-order valence-corrected chi connectivity index (χ3v) is 3.89. The van der Waals surface area contributed by atoms with E-state index in [-0.39, 0.29) is 16.7 Å². The third kappa shape index (κ3) is 4.53. The highest BCUT2D eigenvalue weighted by molar-refractivity contribution is 8.00. The zero-order valence-corrected chi connectivity index (χ0v) is 11.9. The van der Waals surface area contributed by atoms with Gasteiger partial charge in [0.25, 0.3) is 0 Å². The predicted molar refractivity (Wildman–Crippen MR) is 73.6 cm³/mol. The molecule has 1 unspecified atom stereocenters. The summed E-state index contributed by atoms with van der Waals surface area (Å²) in [5.41, 5.74) is 1.05. The molecule has 0 amide bonds. The number of ether oxygens (including phenoxy) is 3. The lowest BCUT2D eigenvalue weighted by atomic mass is 10.2. The molecule has 1 aliphatic heterocycles. The molecule has 2 rings (SSSR count). The molecule has 1 aromatic rings. The van der Waals surface area contributed by atoms with Crippen LogP contribution in [0.2, 0.25) is 0 Å². The number of hydrogen-bond donors (Lipinski definition) is 0. The van der Waals surface area contributed by atoms with Gasteiger partial charge in [-0.05, 0) is 12.5 Å². The van der Waals surface area contributed by atoms with Crippen molar-refractivity contribution in [2.75, 3.05) is 6.61 Å². The Labute approximate surface area is 117 Å². The predicted octanol–water partition coefficient (Wildman–Crippen LogP) is 2.57. The van der Waals surface area contributed by atoms with Crippen LogP contribution >= 0.6 is 11.8 Å². The first-order valence-electron chi connectivity index (χ1n) is 6.25. The topological polar surface area (TPSA) is 44.8 Å². The molecule has 1 aliphatic rings. The number of carbonyl (C=O) groups excluding carboxylic acids is 1. The van der Waals surface area contributed by atoms with Gasteiger partial charge in [-0.3, -0.25) is 4.79 Å². The lowest BCUT2D eigenvalue weighted by molar-refractivity contribution is -0.176. The van der Waals surface area contributed by atoms with Crippen LogP contribution in [0.5, 0.6) is 0 Å². The van der Waals surface area contributed by atoms with Crippen LogP contribution < -0.4 is 0 Å². The van der Waals surface area contributed by atoms with Crippen LogP contribution in [-0.2, 0) is 25.6 Å². The summed E-state index contributed by atoms with van der Waals surface area (Å²) in [5, 5.41) is 0.134. The van der Waals surface area contributed by atoms with Gasteiger partial charge in [0.05, 0.1) is 18.5 Å². The first kappa shape index (κ1) is 14.4. The molecule has 4 nitrogen and oxygen atoms in total. The first-order chi connectivity index (χ1) is 9.15. The fourth-order valence-corrected chi connectivity index (χ4v) is 2.88. The third-order valence-electron chi connectivity index (χ3n) is 2.68. The molecule has 5 heteroatoms. The van der Waals surface area contributed by atoms with Crippen molar-refractivity contribution in [1.82, 2.24) is 0 Å². The average Bonchev–Trinajstić information content (AvgIpc) is 2.70. The number of benzene rings is 1. The monoisotopic (exact) mass is 282 g/mol. The fourth-order valence-electron chi connectivity index (χ4n) is 1.81. The molecule has 0 radical (unpaired) electrons. The Kier molecular flexibility index (Phi) is 5.24. The Bertz CT molecular complexity index is 409. The van der Waals surface area contributed by atoms with Crippen molar-refractivity contribution >= 4 is 17.7 Å². The molecule has 0 spiro atoms. The van der Waals surface area contributed by atoms with Crippen molar-refractivity contribution in [3.8, 4) is 0 Å². The van der Waals surface area contributed by atoms with Crippen LogP contribution in [0.25, 0.3) is 0 Å². The van der Waals surface area contributed by atoms with Crippen molar-refractivity contribution in [3.05, 3.63) is 35.9 Å². The average molecular weight is 282 g/mol. The van der Waals surface area contributed by atoms with Crippen LogP contribution in [0, 0.1) is 0 Å². The molecule has 3 atom stereocenters. The molecule has 1 heterocycles. The maximum atomic E-state index is 10.9. The fraction of sp³-hybridized carbons (Fsp3) is 0.500. The van der Waals surface area contributed by atoms with Gasteiger partial charge in [0, 0.05) is 6.92 Å². The van der Waals surface area contributed by atoms with E-state index >= 15 is 0 Å². The summed E-state index contributed by atoms with van der Waals surface area (Å²) < 4.78 is 16.3. The van der Waals surface area contributed by atoms with Crippen LogP contribution in [0.3, 0.4) is 0 Å². The zero-order chi connectivity index (χ0) is 13.7. The van der Waals surface area contributed by atoms with Gasteiger partial charge in [-0.2, -0.15) is 0 Å². The van der Waals surface area contributed by atoms with Crippen LogP contribution in [0.1, 0.15) is 19.4 Å². The summed E-state index contributed by atoms with van der Waals surface area (Å²) >= 11 is 1.63. The molecule has 0 aromatic heterocycles. The first-order valence-corrected chi connectivity index (χ1v) is 7.19. The summed E-state index contributed by atoms with van der Waals surface area (Å²) in [7, 11) is 0. The number of esters is 1. The molecule has 0 N–H and O–H groups in total. The number of carbonyl (C=O) groups is 1. The van der Waals surface area contributed by atoms with E-state index in [1.54, 1.807) is 11.8 Å². The van der Waals surface area contributed by atoms with E-state index in [1.165, 1.54) is 6.92 Å². The summed E-state index contributed by atoms with van der Waals surface area (Å²) in [6, 6.07) is 9.99. The number of hydrogen-bond acceptors (Lipinski definition) is 5. The molecule has 104 valence electrons. The van der Waals surface area contributed by atoms with Crippen molar-refractivity contribution in [3.63, 3.8) is 0 Å². The molecule has 1 aromatic carbocycles. The minimum atomic E-state index is -0.465. The van der Waals surface area contributed by atoms with Gasteiger partial charge < -0.3 is 14.2 Å². The zero-order valence-electron chi connectivity index (χ0n) is 11.1. The van der Waals surface area contributed by atoms with Gasteiger partial charge in [-0.25, -0.2) is 0 Å². The summed E-state index contributed by atoms with van der Waals surface area (Å²) in [6.07, 6.45) is -0.465. The Balaban J connectivity index is 1.71. The van der Waals surface area contributed by atoms with E-state index in [0.29, 0.717) is 13.2 Å². The normalized spacial score (nSPS) is 26.3. The summed E-state index contributed by atoms with van der Waals surface area (Å²) in [5.74, 6) is -0.316. The van der Waals surface area contributed by atoms with Gasteiger partial charge in [0.1, 0.15) is 5.44 Å². The van der Waals surface area contributed by atoms with Gasteiger partial charge in [-0.15, -0.1) is 11.8 Å². The molecular formula is C14H18O4S. The van der Waals surface area contributed by atoms with E-state index in [4.69, 9.17) is 14.2 Å². The largest absolute Gasteiger partial charge is 0.435 e. The minimum absolute atomic E-state index is 0.0805. The maximum Gasteiger partial charge on any atom is 0.304 e. The highest BCUT2D eigenvalue weighted by atomic mass is 32.2. The van der Waals surface area contributed by atoms with Gasteiger partial charge in [0.2, 0.25) is 6.29 Å². The highest BCUT2D eigenvalue weighted by Gasteiger charge is 2.35. The summed E-state index contributed by atoms with van der Waals surface area (Å²) in [4.78, 5) is 10.9. The van der Waals surface area contributed by atoms with Gasteiger partial charge >= 0.3 is 5.97 Å². The quantitative estimate of drug-likeness (QED) is 0.777. The van der Waals surface area contributed by atoms with E-state index in [2.05, 4.69) is 0 Å². The van der Waals surface area contributed by atoms with Crippen molar-refractivity contribution in [2.45, 2.75) is 37.4 Å². The molecule has 19 heavy (non-hydrogen) atoms. The van der Waals surface area contributed by atoms with Crippen LogP contribution in [-0.4, -0.2) is 29.6 Å². The second-order valence-corrected chi connectivity index (χ2v) is 5.93. The smallest absolute Gasteiger partial charge is 0.304 e. The van der Waals surface area contributed by atoms with Gasteiger partial charge in [-0.1, -0.05) is 30.3 Å². The Hall–Kier alpha value is -1.04. The van der Waals surface area contributed by atoms with E-state index < -0.39 is 6.29 Å². The lowest BCUT2D eigenvalue weighted by Crippen LogP contribution is -2.24. The lowest BCUT2D eigenvalue weighted by Gasteiger charge is -2.14. The second-order valence-electron chi connectivity index (χ2n) is 4.39. The Morgan fingerprint density at radius 3 is 2.79 bits per heavy atom. The van der Waals surface area contributed by atoms with Crippen molar-refractivity contribution in [2.24, 2.45) is 0 Å². The van der Waals surface area contributed by atoms with Crippen LogP contribution in [0.4, 0.5) is 0 Å². The van der Waals surface area contributed by atoms with Gasteiger partial charge in [0.15, 0.2) is 0 Å². The van der Waals surface area contributed by atoms with Crippen molar-refractivity contribution in [1.29, 1.82) is 0 Å². The number of thioether (sulfide) groups is 1. The number of rotatable bonds is 5. The van der Waals surface area contributed by atoms with E-state index in [9.17, 15) is 4.79 Å².